The maximum atomic E-state index is 12.7. The molecule has 49 heavy (non-hydrogen) atoms. The number of allylic oxidation sites excluding steroid dienone is 2. The number of halogens is 1. The summed E-state index contributed by atoms with van der Waals surface area (Å²) < 4.78 is 29.7. The van der Waals surface area contributed by atoms with E-state index in [0.717, 1.165) is 14.7 Å². The summed E-state index contributed by atoms with van der Waals surface area (Å²) >= 11 is 2.26. The van der Waals surface area contributed by atoms with Crippen molar-refractivity contribution in [2.24, 2.45) is 5.10 Å². The van der Waals surface area contributed by atoms with Crippen LogP contribution in [0.2, 0.25) is 0 Å². The predicted molar refractivity (Wildman–Crippen MR) is 193 cm³/mol. The first-order chi connectivity index (χ1) is 23.7. The number of carbonyl (C=O) groups is 3. The number of rotatable bonds is 16. The Hall–Kier alpha value is -5.05. The van der Waals surface area contributed by atoms with Crippen molar-refractivity contribution in [3.8, 4) is 23.0 Å². The van der Waals surface area contributed by atoms with Crippen LogP contribution < -0.4 is 35.0 Å². The molecule has 3 amide bonds. The summed E-state index contributed by atoms with van der Waals surface area (Å²) in [6, 6.07) is 15.4. The summed E-state index contributed by atoms with van der Waals surface area (Å²) in [6.45, 7) is 9.72. The molecule has 258 valence electrons. The Kier molecular flexibility index (Phi) is 13.4. The molecular formula is C36H39IN4O8. The van der Waals surface area contributed by atoms with Gasteiger partial charge >= 0.3 is 12.0 Å². The minimum absolute atomic E-state index is 0.180. The molecular weight excluding hydrogens is 743 g/mol. The van der Waals surface area contributed by atoms with Gasteiger partial charge in [0.25, 0.3) is 5.91 Å². The number of hydrogen-bond acceptors (Lipinski definition) is 9. The van der Waals surface area contributed by atoms with Gasteiger partial charge in [-0.25, -0.2) is 15.0 Å². The molecule has 0 spiro atoms. The molecule has 13 heteroatoms. The molecule has 1 heterocycles. The van der Waals surface area contributed by atoms with Crippen molar-refractivity contribution >= 4 is 46.7 Å². The van der Waals surface area contributed by atoms with Gasteiger partial charge in [0.1, 0.15) is 6.61 Å². The topological polar surface area (TPSA) is 146 Å². The third-order valence-corrected chi connectivity index (χ3v) is 7.88. The van der Waals surface area contributed by atoms with E-state index in [0.29, 0.717) is 53.7 Å². The maximum Gasteiger partial charge on any atom is 0.338 e. The second-order valence-corrected chi connectivity index (χ2v) is 11.9. The Balaban J connectivity index is 1.42. The van der Waals surface area contributed by atoms with Gasteiger partial charge in [0.2, 0.25) is 0 Å². The van der Waals surface area contributed by atoms with Crippen molar-refractivity contribution in [3.05, 3.63) is 104 Å². The summed E-state index contributed by atoms with van der Waals surface area (Å²) in [7, 11) is 1.44. The number of methoxy groups -OCH3 is 1. The minimum Gasteiger partial charge on any atom is -0.493 e. The lowest BCUT2D eigenvalue weighted by Crippen LogP contribution is -2.45. The number of urea groups is 1. The van der Waals surface area contributed by atoms with Crippen LogP contribution in [0, 0.1) is 3.57 Å². The lowest BCUT2D eigenvalue weighted by molar-refractivity contribution is -0.139. The minimum atomic E-state index is -0.780. The average Bonchev–Trinajstić information content (AvgIpc) is 3.07. The first-order valence-electron chi connectivity index (χ1n) is 15.5. The van der Waals surface area contributed by atoms with E-state index in [-0.39, 0.29) is 24.5 Å². The van der Waals surface area contributed by atoms with E-state index in [2.05, 4.69) is 50.3 Å². The van der Waals surface area contributed by atoms with Crippen LogP contribution in [-0.4, -0.2) is 51.1 Å². The summed E-state index contributed by atoms with van der Waals surface area (Å²) in [5.74, 6) is 0.696. The Bertz CT molecular complexity index is 1740. The van der Waals surface area contributed by atoms with Crippen LogP contribution >= 0.6 is 22.6 Å². The normalized spacial score (nSPS) is 14.1. The Morgan fingerprint density at radius 3 is 2.47 bits per heavy atom. The molecule has 0 radical (unpaired) electrons. The quantitative estimate of drug-likeness (QED) is 0.0550. The molecule has 0 fully saturated rings. The van der Waals surface area contributed by atoms with E-state index in [1.807, 2.05) is 37.3 Å². The third-order valence-electron chi connectivity index (χ3n) is 7.16. The van der Waals surface area contributed by atoms with Gasteiger partial charge in [-0.3, -0.25) is 4.79 Å². The first kappa shape index (κ1) is 36.8. The van der Waals surface area contributed by atoms with Gasteiger partial charge in [-0.05, 0) is 103 Å². The van der Waals surface area contributed by atoms with Crippen molar-refractivity contribution in [2.45, 2.75) is 39.8 Å². The Morgan fingerprint density at radius 2 is 1.78 bits per heavy atom. The molecule has 0 bridgehead atoms. The van der Waals surface area contributed by atoms with Gasteiger partial charge in [-0.1, -0.05) is 24.3 Å². The molecule has 0 aromatic heterocycles. The highest BCUT2D eigenvalue weighted by Gasteiger charge is 2.32. The zero-order valence-corrected chi connectivity index (χ0v) is 29.9. The van der Waals surface area contributed by atoms with Crippen LogP contribution in [0.3, 0.4) is 0 Å². The highest BCUT2D eigenvalue weighted by atomic mass is 127. The number of hydrazone groups is 1. The second kappa shape index (κ2) is 17.9. The molecule has 0 saturated carbocycles. The molecule has 0 unspecified atom stereocenters. The number of carbonyl (C=O) groups excluding carboxylic acids is 3. The van der Waals surface area contributed by atoms with Crippen LogP contribution in [0.15, 0.2) is 83.6 Å². The van der Waals surface area contributed by atoms with Gasteiger partial charge in [0.15, 0.2) is 29.6 Å². The van der Waals surface area contributed by atoms with Gasteiger partial charge < -0.3 is 34.3 Å². The van der Waals surface area contributed by atoms with Gasteiger partial charge in [0.05, 0.1) is 38.2 Å². The van der Waals surface area contributed by atoms with Crippen molar-refractivity contribution in [1.29, 1.82) is 0 Å². The number of esters is 1. The zero-order chi connectivity index (χ0) is 35.3. The molecule has 0 aliphatic carbocycles. The van der Waals surface area contributed by atoms with Crippen molar-refractivity contribution in [3.63, 3.8) is 0 Å². The Morgan fingerprint density at radius 1 is 1.00 bits per heavy atom. The summed E-state index contributed by atoms with van der Waals surface area (Å²) in [5, 5.41) is 9.45. The fraction of sp³-hybridized carbons (Fsp3) is 0.278. The van der Waals surface area contributed by atoms with Gasteiger partial charge in [0, 0.05) is 14.8 Å². The van der Waals surface area contributed by atoms with E-state index in [4.69, 9.17) is 23.7 Å². The fourth-order valence-corrected chi connectivity index (χ4v) is 5.35. The summed E-state index contributed by atoms with van der Waals surface area (Å²) in [6.07, 6.45) is 3.83. The molecule has 0 saturated heterocycles. The van der Waals surface area contributed by atoms with E-state index in [1.165, 1.54) is 13.3 Å². The monoisotopic (exact) mass is 782 g/mol. The van der Waals surface area contributed by atoms with Crippen molar-refractivity contribution in [2.75, 3.05) is 26.9 Å². The second-order valence-electron chi connectivity index (χ2n) is 10.6. The van der Waals surface area contributed by atoms with Crippen LogP contribution in [0.4, 0.5) is 4.79 Å². The molecule has 12 nitrogen and oxygen atoms in total. The van der Waals surface area contributed by atoms with Crippen LogP contribution in [0.5, 0.6) is 23.0 Å². The Labute approximate surface area is 299 Å². The van der Waals surface area contributed by atoms with Gasteiger partial charge in [-0.2, -0.15) is 5.10 Å². The molecule has 3 N–H and O–H groups in total. The molecule has 4 rings (SSSR count). The number of hydrogen-bond donors (Lipinski definition) is 3. The molecule has 3 aromatic rings. The van der Waals surface area contributed by atoms with E-state index in [9.17, 15) is 14.4 Å². The van der Waals surface area contributed by atoms with Crippen LogP contribution in [0.25, 0.3) is 0 Å². The number of benzene rings is 3. The maximum absolute atomic E-state index is 12.7. The molecule has 3 aromatic carbocycles. The van der Waals surface area contributed by atoms with E-state index >= 15 is 0 Å². The van der Waals surface area contributed by atoms with Crippen LogP contribution in [0.1, 0.15) is 49.1 Å². The number of ether oxygens (including phenoxy) is 5. The first-order valence-corrected chi connectivity index (χ1v) is 16.6. The largest absolute Gasteiger partial charge is 0.493 e. The zero-order valence-electron chi connectivity index (χ0n) is 27.8. The number of nitrogens with one attached hydrogen (secondary N) is 3. The lowest BCUT2D eigenvalue weighted by atomic mass is 9.95. The molecule has 1 atom stereocenters. The summed E-state index contributed by atoms with van der Waals surface area (Å²) in [5.41, 5.74) is 6.27. The third kappa shape index (κ3) is 9.98. The average molecular weight is 783 g/mol. The molecule has 1 aliphatic rings. The van der Waals surface area contributed by atoms with Crippen LogP contribution in [-0.2, 0) is 27.4 Å². The number of nitrogens with zero attached hydrogens (tertiary/aromatic N) is 1. The highest BCUT2D eigenvalue weighted by molar-refractivity contribution is 14.1. The van der Waals surface area contributed by atoms with Crippen molar-refractivity contribution in [1.82, 2.24) is 16.1 Å². The number of amides is 3. The predicted octanol–water partition coefficient (Wildman–Crippen LogP) is 5.73. The summed E-state index contributed by atoms with van der Waals surface area (Å²) in [4.78, 5) is 37.5. The lowest BCUT2D eigenvalue weighted by Gasteiger charge is -2.28. The van der Waals surface area contributed by atoms with E-state index in [1.54, 1.807) is 44.2 Å². The van der Waals surface area contributed by atoms with Gasteiger partial charge in [-0.15, -0.1) is 6.58 Å². The standard InChI is InChI=1S/C36H39IN4O8/c1-6-9-26-16-24(17-30(46-7-2)34(26)49-20-23-10-13-27(37)14-11-23)19-38-41-31(42)21-48-28-15-12-25(18-29(28)45-5)33-32(35(43)47-8-3)22(4)39-36(44)40-33/h6,10-19,33H,1,7-9,20-21H2,2-5H3,(H,41,42)(H2,39,40,44)/b38-19-/t33-/m0/s1. The van der Waals surface area contributed by atoms with Crippen molar-refractivity contribution < 1.29 is 38.1 Å². The SMILES string of the molecule is C=CCc1cc(/C=N\NC(=O)COc2ccc([C@@H]3NC(=O)NC(C)=C3C(=O)OCC)cc2OC)cc(OCC)c1OCc1ccc(I)cc1. The highest BCUT2D eigenvalue weighted by Crippen LogP contribution is 2.36. The molecule has 1 aliphatic heterocycles. The fourth-order valence-electron chi connectivity index (χ4n) is 4.99. The smallest absolute Gasteiger partial charge is 0.338 e. The van der Waals surface area contributed by atoms with E-state index < -0.39 is 23.9 Å².